The van der Waals surface area contributed by atoms with Crippen LogP contribution in [0.4, 0.5) is 10.5 Å². The Morgan fingerprint density at radius 1 is 1.33 bits per heavy atom. The molecular formula is C18H23N3O2S. The van der Waals surface area contributed by atoms with Gasteiger partial charge in [0.2, 0.25) is 0 Å². The van der Waals surface area contributed by atoms with Gasteiger partial charge in [-0.25, -0.2) is 4.79 Å². The van der Waals surface area contributed by atoms with E-state index in [1.54, 1.807) is 18.4 Å². The molecule has 1 aliphatic heterocycles. The molecular weight excluding hydrogens is 322 g/mol. The molecule has 24 heavy (non-hydrogen) atoms. The van der Waals surface area contributed by atoms with Crippen LogP contribution in [-0.4, -0.2) is 32.8 Å². The lowest BCUT2D eigenvalue weighted by Gasteiger charge is -2.21. The van der Waals surface area contributed by atoms with E-state index in [-0.39, 0.29) is 6.03 Å². The molecule has 2 heterocycles. The van der Waals surface area contributed by atoms with E-state index < -0.39 is 0 Å². The Morgan fingerprint density at radius 3 is 3.00 bits per heavy atom. The molecule has 1 unspecified atom stereocenters. The predicted molar refractivity (Wildman–Crippen MR) is 97.9 cm³/mol. The largest absolute Gasteiger partial charge is 0.495 e. The van der Waals surface area contributed by atoms with Crippen molar-refractivity contribution in [3.8, 4) is 5.75 Å². The van der Waals surface area contributed by atoms with E-state index in [9.17, 15) is 4.79 Å². The second kappa shape index (κ2) is 8.06. The van der Waals surface area contributed by atoms with Gasteiger partial charge < -0.3 is 20.3 Å². The van der Waals surface area contributed by atoms with Gasteiger partial charge in [-0.15, -0.1) is 0 Å². The Balaban J connectivity index is 1.43. The average molecular weight is 345 g/mol. The van der Waals surface area contributed by atoms with Crippen molar-refractivity contribution in [2.75, 3.05) is 31.6 Å². The van der Waals surface area contributed by atoms with Crippen molar-refractivity contribution in [2.24, 2.45) is 5.92 Å². The minimum Gasteiger partial charge on any atom is -0.495 e. The number of rotatable bonds is 6. The number of para-hydroxylation sites is 2. The third kappa shape index (κ3) is 4.20. The number of hydrogen-bond acceptors (Lipinski definition) is 4. The Labute approximate surface area is 146 Å². The summed E-state index contributed by atoms with van der Waals surface area (Å²) in [6, 6.07) is 10.0. The van der Waals surface area contributed by atoms with Gasteiger partial charge in [0.1, 0.15) is 5.75 Å². The molecule has 2 N–H and O–H groups in total. The molecule has 1 atom stereocenters. The standard InChI is InChI=1S/C18H23N3O2S/c1-23-17-5-3-2-4-16(17)21-8-6-14(12-21)10-19-18(22)20-11-15-7-9-24-13-15/h2-5,7,9,13-14H,6,8,10-12H2,1H3,(H2,19,20,22). The van der Waals surface area contributed by atoms with E-state index in [4.69, 9.17) is 4.74 Å². The topological polar surface area (TPSA) is 53.6 Å². The zero-order chi connectivity index (χ0) is 16.8. The zero-order valence-electron chi connectivity index (χ0n) is 13.8. The molecule has 128 valence electrons. The van der Waals surface area contributed by atoms with Gasteiger partial charge in [-0.2, -0.15) is 11.3 Å². The third-order valence-electron chi connectivity index (χ3n) is 4.30. The Kier molecular flexibility index (Phi) is 5.59. The number of anilines is 1. The Bertz CT molecular complexity index is 660. The Hall–Kier alpha value is -2.21. The van der Waals surface area contributed by atoms with E-state index in [1.807, 2.05) is 35.0 Å². The van der Waals surface area contributed by atoms with Gasteiger partial charge in [-0.3, -0.25) is 0 Å². The molecule has 6 heteroatoms. The van der Waals surface area contributed by atoms with E-state index in [2.05, 4.69) is 21.6 Å². The summed E-state index contributed by atoms with van der Waals surface area (Å²) in [5, 5.41) is 9.93. The van der Waals surface area contributed by atoms with Crippen LogP contribution in [-0.2, 0) is 6.54 Å². The number of hydrogen-bond donors (Lipinski definition) is 2. The minimum absolute atomic E-state index is 0.100. The SMILES string of the molecule is COc1ccccc1N1CCC(CNC(=O)NCc2ccsc2)C1. The van der Waals surface area contributed by atoms with Gasteiger partial charge in [0.05, 0.1) is 12.8 Å². The molecule has 2 amide bonds. The minimum atomic E-state index is -0.100. The molecule has 0 saturated carbocycles. The van der Waals surface area contributed by atoms with Crippen LogP contribution in [0.15, 0.2) is 41.1 Å². The lowest BCUT2D eigenvalue weighted by atomic mass is 10.1. The monoisotopic (exact) mass is 345 g/mol. The number of carbonyl (C=O) groups is 1. The maximum absolute atomic E-state index is 11.9. The summed E-state index contributed by atoms with van der Waals surface area (Å²) in [4.78, 5) is 14.2. The van der Waals surface area contributed by atoms with Gasteiger partial charge >= 0.3 is 6.03 Å². The number of thiophene rings is 1. The maximum atomic E-state index is 11.9. The highest BCUT2D eigenvalue weighted by atomic mass is 32.1. The summed E-state index contributed by atoms with van der Waals surface area (Å²) in [5.41, 5.74) is 2.27. The number of methoxy groups -OCH3 is 1. The van der Waals surface area contributed by atoms with E-state index >= 15 is 0 Å². The highest BCUT2D eigenvalue weighted by molar-refractivity contribution is 7.07. The van der Waals surface area contributed by atoms with Crippen molar-refractivity contribution in [1.82, 2.24) is 10.6 Å². The normalized spacial score (nSPS) is 16.9. The van der Waals surface area contributed by atoms with E-state index in [0.717, 1.165) is 36.5 Å². The summed E-state index contributed by atoms with van der Waals surface area (Å²) in [6.45, 7) is 3.20. The smallest absolute Gasteiger partial charge is 0.315 e. The van der Waals surface area contributed by atoms with Crippen LogP contribution in [0.2, 0.25) is 0 Å². The van der Waals surface area contributed by atoms with Crippen LogP contribution in [0.25, 0.3) is 0 Å². The van der Waals surface area contributed by atoms with Gasteiger partial charge in [0, 0.05) is 26.2 Å². The fraction of sp³-hybridized carbons (Fsp3) is 0.389. The van der Waals surface area contributed by atoms with Crippen LogP contribution in [0.5, 0.6) is 5.75 Å². The van der Waals surface area contributed by atoms with Crippen LogP contribution in [0.1, 0.15) is 12.0 Å². The van der Waals surface area contributed by atoms with Crippen molar-refractivity contribution in [2.45, 2.75) is 13.0 Å². The van der Waals surface area contributed by atoms with Gasteiger partial charge in [-0.1, -0.05) is 12.1 Å². The summed E-state index contributed by atoms with van der Waals surface area (Å²) >= 11 is 1.64. The van der Waals surface area contributed by atoms with Crippen LogP contribution in [0, 0.1) is 5.92 Å². The number of nitrogens with one attached hydrogen (secondary N) is 2. The van der Waals surface area contributed by atoms with Crippen LogP contribution in [0.3, 0.4) is 0 Å². The number of carbonyl (C=O) groups excluding carboxylic acids is 1. The lowest BCUT2D eigenvalue weighted by Crippen LogP contribution is -2.38. The molecule has 0 spiro atoms. The molecule has 1 aromatic carbocycles. The van der Waals surface area contributed by atoms with Crippen molar-refractivity contribution >= 4 is 23.1 Å². The third-order valence-corrected chi connectivity index (χ3v) is 5.03. The first-order valence-electron chi connectivity index (χ1n) is 8.17. The number of ether oxygens (including phenoxy) is 1. The molecule has 2 aromatic rings. The molecule has 1 aliphatic rings. The summed E-state index contributed by atoms with van der Waals surface area (Å²) in [5.74, 6) is 1.36. The van der Waals surface area contributed by atoms with Gasteiger partial charge in [-0.05, 0) is 46.9 Å². The zero-order valence-corrected chi connectivity index (χ0v) is 14.6. The molecule has 0 radical (unpaired) electrons. The first kappa shape index (κ1) is 16.6. The molecule has 3 rings (SSSR count). The quantitative estimate of drug-likeness (QED) is 0.846. The second-order valence-electron chi connectivity index (χ2n) is 5.97. The predicted octanol–water partition coefficient (Wildman–Crippen LogP) is 3.08. The second-order valence-corrected chi connectivity index (χ2v) is 6.75. The summed E-state index contributed by atoms with van der Waals surface area (Å²) < 4.78 is 5.44. The number of amides is 2. The molecule has 0 aliphatic carbocycles. The van der Waals surface area contributed by atoms with Crippen LogP contribution < -0.4 is 20.3 Å². The van der Waals surface area contributed by atoms with E-state index in [0.29, 0.717) is 19.0 Å². The molecule has 5 nitrogen and oxygen atoms in total. The summed E-state index contributed by atoms with van der Waals surface area (Å²) in [7, 11) is 1.70. The fourth-order valence-electron chi connectivity index (χ4n) is 2.98. The first-order chi connectivity index (χ1) is 11.8. The lowest BCUT2D eigenvalue weighted by molar-refractivity contribution is 0.239. The number of benzene rings is 1. The molecule has 1 saturated heterocycles. The van der Waals surface area contributed by atoms with E-state index in [1.165, 1.54) is 0 Å². The van der Waals surface area contributed by atoms with Gasteiger partial charge in [0.25, 0.3) is 0 Å². The van der Waals surface area contributed by atoms with Crippen molar-refractivity contribution in [3.63, 3.8) is 0 Å². The van der Waals surface area contributed by atoms with Crippen molar-refractivity contribution in [1.29, 1.82) is 0 Å². The van der Waals surface area contributed by atoms with Crippen molar-refractivity contribution < 1.29 is 9.53 Å². The van der Waals surface area contributed by atoms with Crippen molar-refractivity contribution in [3.05, 3.63) is 46.7 Å². The summed E-state index contributed by atoms with van der Waals surface area (Å²) in [6.07, 6.45) is 1.07. The fourth-order valence-corrected chi connectivity index (χ4v) is 3.65. The average Bonchev–Trinajstić information content (AvgIpc) is 3.29. The molecule has 0 bridgehead atoms. The first-order valence-corrected chi connectivity index (χ1v) is 9.11. The highest BCUT2D eigenvalue weighted by Gasteiger charge is 2.24. The maximum Gasteiger partial charge on any atom is 0.315 e. The number of urea groups is 1. The molecule has 1 aromatic heterocycles. The van der Waals surface area contributed by atoms with Gasteiger partial charge in [0.15, 0.2) is 0 Å². The van der Waals surface area contributed by atoms with Crippen LogP contribution >= 0.6 is 11.3 Å². The number of nitrogens with zero attached hydrogens (tertiary/aromatic N) is 1. The highest BCUT2D eigenvalue weighted by Crippen LogP contribution is 2.31. The Morgan fingerprint density at radius 2 is 2.21 bits per heavy atom. The molecule has 1 fully saturated rings.